The Labute approximate surface area is 113 Å². The number of hydrogen-bond donors (Lipinski definition) is 1. The molecule has 0 aliphatic heterocycles. The fraction of sp³-hybridized carbons (Fsp3) is 0.538. The first kappa shape index (κ1) is 14.8. The van der Waals surface area contributed by atoms with Gasteiger partial charge >= 0.3 is 0 Å². The number of amides is 1. The first-order chi connectivity index (χ1) is 8.31. The van der Waals surface area contributed by atoms with Crippen molar-refractivity contribution in [3.63, 3.8) is 0 Å². The minimum Gasteiger partial charge on any atom is -0.476 e. The van der Waals surface area contributed by atoms with Crippen molar-refractivity contribution in [3.8, 4) is 5.88 Å². The van der Waals surface area contributed by atoms with Crippen LogP contribution in [0.1, 0.15) is 34.1 Å². The van der Waals surface area contributed by atoms with Crippen LogP contribution in [0.5, 0.6) is 5.88 Å². The van der Waals surface area contributed by atoms with Crippen LogP contribution in [0.15, 0.2) is 12.3 Å². The molecular formula is C13H19ClN2O2. The Morgan fingerprint density at radius 3 is 2.72 bits per heavy atom. The molecule has 1 aromatic heterocycles. The van der Waals surface area contributed by atoms with Crippen LogP contribution >= 0.6 is 11.6 Å². The highest BCUT2D eigenvalue weighted by atomic mass is 35.5. The number of carbonyl (C=O) groups excluding carboxylic acids is 1. The summed E-state index contributed by atoms with van der Waals surface area (Å²) in [6.07, 6.45) is 1.91. The molecule has 4 nitrogen and oxygen atoms in total. The van der Waals surface area contributed by atoms with Gasteiger partial charge < -0.3 is 10.1 Å². The molecule has 0 aromatic carbocycles. The van der Waals surface area contributed by atoms with E-state index in [0.717, 1.165) is 0 Å². The molecule has 0 unspecified atom stereocenters. The third-order valence-corrected chi connectivity index (χ3v) is 2.27. The zero-order chi connectivity index (χ0) is 13.8. The highest BCUT2D eigenvalue weighted by Gasteiger charge is 2.17. The summed E-state index contributed by atoms with van der Waals surface area (Å²) >= 11 is 5.86. The Morgan fingerprint density at radius 2 is 2.17 bits per heavy atom. The average Bonchev–Trinajstić information content (AvgIpc) is 2.19. The molecule has 0 atom stereocenters. The maximum atomic E-state index is 11.9. The summed E-state index contributed by atoms with van der Waals surface area (Å²) in [5.41, 5.74) is 0.445. The van der Waals surface area contributed by atoms with Gasteiger partial charge in [-0.15, -0.1) is 0 Å². The second-order valence-corrected chi connectivity index (χ2v) is 5.66. The summed E-state index contributed by atoms with van der Waals surface area (Å²) < 4.78 is 5.34. The van der Waals surface area contributed by atoms with Crippen LogP contribution in [0.3, 0.4) is 0 Å². The smallest absolute Gasteiger partial charge is 0.237 e. The van der Waals surface area contributed by atoms with Gasteiger partial charge in [0.05, 0.1) is 11.6 Å². The number of anilines is 1. The SMILES string of the molecule is CCOc1ncc(Cl)cc1NC(=O)CC(C)(C)C. The lowest BCUT2D eigenvalue weighted by Gasteiger charge is -2.18. The van der Waals surface area contributed by atoms with Gasteiger partial charge in [0.1, 0.15) is 5.69 Å². The van der Waals surface area contributed by atoms with Gasteiger partial charge in [-0.1, -0.05) is 32.4 Å². The summed E-state index contributed by atoms with van der Waals surface area (Å²) in [6, 6.07) is 1.64. The quantitative estimate of drug-likeness (QED) is 0.911. The van der Waals surface area contributed by atoms with Crippen LogP contribution in [-0.2, 0) is 4.79 Å². The van der Waals surface area contributed by atoms with Crippen LogP contribution < -0.4 is 10.1 Å². The third kappa shape index (κ3) is 4.92. The number of aromatic nitrogens is 1. The van der Waals surface area contributed by atoms with E-state index in [9.17, 15) is 4.79 Å². The standard InChI is InChI=1S/C13H19ClN2O2/c1-5-18-12-10(6-9(14)8-15-12)16-11(17)7-13(2,3)4/h6,8H,5,7H2,1-4H3,(H,16,17). The molecule has 0 bridgehead atoms. The van der Waals surface area contributed by atoms with Gasteiger partial charge in [0, 0.05) is 12.6 Å². The Balaban J connectivity index is 2.82. The molecule has 5 heteroatoms. The zero-order valence-electron chi connectivity index (χ0n) is 11.2. The van der Waals surface area contributed by atoms with Gasteiger partial charge in [-0.2, -0.15) is 0 Å². The van der Waals surface area contributed by atoms with E-state index in [0.29, 0.717) is 29.6 Å². The van der Waals surface area contributed by atoms with Crippen LogP contribution in [0.2, 0.25) is 5.02 Å². The minimum atomic E-state index is -0.0764. The molecule has 1 rings (SSSR count). The minimum absolute atomic E-state index is 0.0676. The van der Waals surface area contributed by atoms with Crippen molar-refractivity contribution in [2.45, 2.75) is 34.1 Å². The molecule has 1 heterocycles. The Kier molecular flexibility index (Phi) is 4.96. The van der Waals surface area contributed by atoms with Crippen molar-refractivity contribution in [1.29, 1.82) is 0 Å². The number of nitrogens with one attached hydrogen (secondary N) is 1. The molecule has 0 fully saturated rings. The predicted octanol–water partition coefficient (Wildman–Crippen LogP) is 3.51. The number of pyridine rings is 1. The largest absolute Gasteiger partial charge is 0.476 e. The Morgan fingerprint density at radius 1 is 1.50 bits per heavy atom. The summed E-state index contributed by atoms with van der Waals surface area (Å²) in [5.74, 6) is 0.316. The number of nitrogens with zero attached hydrogens (tertiary/aromatic N) is 1. The summed E-state index contributed by atoms with van der Waals surface area (Å²) in [4.78, 5) is 15.9. The van der Waals surface area contributed by atoms with Crippen molar-refractivity contribution in [2.75, 3.05) is 11.9 Å². The highest BCUT2D eigenvalue weighted by Crippen LogP contribution is 2.26. The van der Waals surface area contributed by atoms with Crippen LogP contribution in [0.4, 0.5) is 5.69 Å². The maximum Gasteiger partial charge on any atom is 0.237 e. The molecule has 0 spiro atoms. The fourth-order valence-electron chi connectivity index (χ4n) is 1.44. The van der Waals surface area contributed by atoms with Gasteiger partial charge in [0.25, 0.3) is 0 Å². The van der Waals surface area contributed by atoms with E-state index in [1.54, 1.807) is 6.07 Å². The molecule has 1 amide bonds. The third-order valence-electron chi connectivity index (χ3n) is 2.06. The monoisotopic (exact) mass is 270 g/mol. The Hall–Kier alpha value is -1.29. The fourth-order valence-corrected chi connectivity index (χ4v) is 1.60. The molecular weight excluding hydrogens is 252 g/mol. The first-order valence-corrected chi connectivity index (χ1v) is 6.28. The lowest BCUT2D eigenvalue weighted by Crippen LogP contribution is -2.20. The number of halogens is 1. The van der Waals surface area contributed by atoms with Gasteiger partial charge in [0.15, 0.2) is 0 Å². The maximum absolute atomic E-state index is 11.9. The van der Waals surface area contributed by atoms with Crippen LogP contribution in [-0.4, -0.2) is 17.5 Å². The lowest BCUT2D eigenvalue weighted by molar-refractivity contribution is -0.117. The molecule has 0 radical (unpaired) electrons. The highest BCUT2D eigenvalue weighted by molar-refractivity contribution is 6.30. The van der Waals surface area contributed by atoms with Crippen molar-refractivity contribution >= 4 is 23.2 Å². The van der Waals surface area contributed by atoms with Gasteiger partial charge in [-0.25, -0.2) is 4.98 Å². The van der Waals surface area contributed by atoms with E-state index in [-0.39, 0.29) is 11.3 Å². The van der Waals surface area contributed by atoms with Gasteiger partial charge in [-0.05, 0) is 18.4 Å². The normalized spacial score (nSPS) is 11.2. The first-order valence-electron chi connectivity index (χ1n) is 5.90. The summed E-state index contributed by atoms with van der Waals surface area (Å²) in [5, 5.41) is 3.24. The molecule has 0 saturated heterocycles. The van der Waals surface area contributed by atoms with Crippen LogP contribution in [0.25, 0.3) is 0 Å². The van der Waals surface area contributed by atoms with Crippen molar-refractivity contribution in [1.82, 2.24) is 4.98 Å². The number of ether oxygens (including phenoxy) is 1. The van der Waals surface area contributed by atoms with Crippen LogP contribution in [0, 0.1) is 5.41 Å². The molecule has 1 aromatic rings. The van der Waals surface area contributed by atoms with E-state index in [1.165, 1.54) is 6.20 Å². The van der Waals surface area contributed by atoms with Crippen molar-refractivity contribution < 1.29 is 9.53 Å². The van der Waals surface area contributed by atoms with Crippen molar-refractivity contribution in [2.24, 2.45) is 5.41 Å². The molecule has 1 N–H and O–H groups in total. The topological polar surface area (TPSA) is 51.2 Å². The van der Waals surface area contributed by atoms with E-state index in [2.05, 4.69) is 10.3 Å². The second-order valence-electron chi connectivity index (χ2n) is 5.22. The molecule has 0 aliphatic rings. The zero-order valence-corrected chi connectivity index (χ0v) is 12.0. The molecule has 18 heavy (non-hydrogen) atoms. The van der Waals surface area contributed by atoms with E-state index >= 15 is 0 Å². The number of carbonyl (C=O) groups is 1. The van der Waals surface area contributed by atoms with Crippen molar-refractivity contribution in [3.05, 3.63) is 17.3 Å². The molecule has 0 saturated carbocycles. The van der Waals surface area contributed by atoms with Gasteiger partial charge in [0.2, 0.25) is 11.8 Å². The Bertz CT molecular complexity index is 427. The average molecular weight is 271 g/mol. The molecule has 100 valence electrons. The summed E-state index contributed by atoms with van der Waals surface area (Å²) in [6.45, 7) is 8.36. The number of rotatable bonds is 4. The molecule has 0 aliphatic carbocycles. The van der Waals surface area contributed by atoms with Gasteiger partial charge in [-0.3, -0.25) is 4.79 Å². The van der Waals surface area contributed by atoms with E-state index in [4.69, 9.17) is 16.3 Å². The van der Waals surface area contributed by atoms with E-state index < -0.39 is 0 Å². The van der Waals surface area contributed by atoms with E-state index in [1.807, 2.05) is 27.7 Å². The lowest BCUT2D eigenvalue weighted by atomic mass is 9.92. The summed E-state index contributed by atoms with van der Waals surface area (Å²) in [7, 11) is 0. The second kappa shape index (κ2) is 6.05. The number of hydrogen-bond acceptors (Lipinski definition) is 3. The predicted molar refractivity (Wildman–Crippen MR) is 73.1 cm³/mol.